The van der Waals surface area contributed by atoms with Crippen LogP contribution >= 0.6 is 23.2 Å². The lowest BCUT2D eigenvalue weighted by Gasteiger charge is -2.43. The summed E-state index contributed by atoms with van der Waals surface area (Å²) in [5, 5.41) is 0.949. The van der Waals surface area contributed by atoms with Gasteiger partial charge in [-0.05, 0) is 53.8 Å². The summed E-state index contributed by atoms with van der Waals surface area (Å²) in [6.07, 6.45) is 1.18. The van der Waals surface area contributed by atoms with Crippen molar-refractivity contribution in [3.8, 4) is 5.75 Å². The number of rotatable bonds is 3. The van der Waals surface area contributed by atoms with E-state index in [4.69, 9.17) is 27.9 Å². The third kappa shape index (κ3) is 3.63. The van der Waals surface area contributed by atoms with Crippen LogP contribution in [0.1, 0.15) is 44.6 Å². The predicted octanol–water partition coefficient (Wildman–Crippen LogP) is 6.17. The zero-order chi connectivity index (χ0) is 21.6. The molecular weight excluding hydrogens is 421 g/mol. The van der Waals surface area contributed by atoms with Crippen molar-refractivity contribution in [3.63, 3.8) is 0 Å². The first-order valence-electron chi connectivity index (χ1n) is 9.89. The van der Waals surface area contributed by atoms with Crippen LogP contribution in [0.25, 0.3) is 0 Å². The molecule has 0 saturated carbocycles. The third-order valence-corrected chi connectivity index (χ3v) is 6.48. The minimum absolute atomic E-state index is 0.0493. The van der Waals surface area contributed by atoms with Crippen molar-refractivity contribution in [2.75, 3.05) is 12.0 Å². The molecule has 2 aliphatic rings. The monoisotopic (exact) mass is 443 g/mol. The first-order valence-corrected chi connectivity index (χ1v) is 10.6. The molecule has 1 aliphatic heterocycles. The first-order chi connectivity index (χ1) is 14.2. The van der Waals surface area contributed by atoms with E-state index >= 15 is 0 Å². The normalized spacial score (nSPS) is 21.0. The molecule has 4 nitrogen and oxygen atoms in total. The Hall–Kier alpha value is -2.30. The lowest BCUT2D eigenvalue weighted by atomic mass is 9.69. The number of amides is 1. The van der Waals surface area contributed by atoms with Gasteiger partial charge in [0.25, 0.3) is 0 Å². The van der Waals surface area contributed by atoms with Crippen molar-refractivity contribution in [2.45, 2.75) is 39.0 Å². The predicted molar refractivity (Wildman–Crippen MR) is 119 cm³/mol. The number of allylic oxidation sites excluding steroid dienone is 2. The molecule has 0 fully saturated rings. The van der Waals surface area contributed by atoms with Gasteiger partial charge in [-0.2, -0.15) is 0 Å². The number of halogens is 2. The Bertz CT molecular complexity index is 1040. The fourth-order valence-electron chi connectivity index (χ4n) is 4.54. The third-order valence-electron chi connectivity index (χ3n) is 5.82. The largest absolute Gasteiger partial charge is 0.497 e. The van der Waals surface area contributed by atoms with Gasteiger partial charge in [-0.25, -0.2) is 0 Å². The number of ether oxygens (including phenoxy) is 1. The van der Waals surface area contributed by atoms with Crippen LogP contribution in [-0.2, 0) is 9.59 Å². The standard InChI is InChI=1S/C24H23Cl2NO3/c1-24(2)12-19-23(20(28)13-24)16(22-17(25)5-4-6-18(22)26)11-21(29)27(19)14-7-9-15(30-3)10-8-14/h4-10,16H,11-13H2,1-3H3. The van der Waals surface area contributed by atoms with Gasteiger partial charge in [0.15, 0.2) is 5.78 Å². The van der Waals surface area contributed by atoms with Crippen LogP contribution in [0.2, 0.25) is 10.0 Å². The zero-order valence-electron chi connectivity index (χ0n) is 17.2. The highest BCUT2D eigenvalue weighted by Crippen LogP contribution is 2.50. The molecule has 30 heavy (non-hydrogen) atoms. The van der Waals surface area contributed by atoms with Gasteiger partial charge in [-0.15, -0.1) is 0 Å². The molecule has 0 bridgehead atoms. The molecule has 1 aliphatic carbocycles. The van der Waals surface area contributed by atoms with Crippen molar-refractivity contribution in [1.82, 2.24) is 0 Å². The van der Waals surface area contributed by atoms with Crippen LogP contribution in [0.5, 0.6) is 5.75 Å². The molecular formula is C24H23Cl2NO3. The molecule has 4 rings (SSSR count). The zero-order valence-corrected chi connectivity index (χ0v) is 18.7. The SMILES string of the molecule is COc1ccc(N2C(=O)CC(c3c(Cl)cccc3Cl)C3=C2CC(C)(C)CC3=O)cc1. The molecule has 0 saturated heterocycles. The maximum Gasteiger partial charge on any atom is 0.232 e. The summed E-state index contributed by atoms with van der Waals surface area (Å²) in [5.74, 6) is 0.239. The van der Waals surface area contributed by atoms with Crippen LogP contribution in [-0.4, -0.2) is 18.8 Å². The van der Waals surface area contributed by atoms with Crippen molar-refractivity contribution in [3.05, 3.63) is 69.3 Å². The number of hydrogen-bond acceptors (Lipinski definition) is 3. The molecule has 0 spiro atoms. The van der Waals surface area contributed by atoms with Crippen molar-refractivity contribution >= 4 is 40.6 Å². The van der Waals surface area contributed by atoms with E-state index in [2.05, 4.69) is 13.8 Å². The Morgan fingerprint density at radius 1 is 1.00 bits per heavy atom. The lowest BCUT2D eigenvalue weighted by molar-refractivity contribution is -0.121. The van der Waals surface area contributed by atoms with E-state index in [1.54, 1.807) is 30.2 Å². The van der Waals surface area contributed by atoms with Gasteiger partial charge in [0.2, 0.25) is 5.91 Å². The van der Waals surface area contributed by atoms with E-state index in [0.29, 0.717) is 39.8 Å². The number of carbonyl (C=O) groups excluding carboxylic acids is 2. The van der Waals surface area contributed by atoms with E-state index in [1.807, 2.05) is 24.3 Å². The second-order valence-corrected chi connectivity index (χ2v) is 9.43. The molecule has 2 aromatic rings. The van der Waals surface area contributed by atoms with Gasteiger partial charge >= 0.3 is 0 Å². The van der Waals surface area contributed by atoms with E-state index < -0.39 is 5.92 Å². The highest BCUT2D eigenvalue weighted by Gasteiger charge is 2.45. The van der Waals surface area contributed by atoms with Gasteiger partial charge in [0.1, 0.15) is 5.75 Å². The summed E-state index contributed by atoms with van der Waals surface area (Å²) in [4.78, 5) is 28.4. The van der Waals surface area contributed by atoms with Crippen LogP contribution in [0.4, 0.5) is 5.69 Å². The molecule has 6 heteroatoms. The smallest absolute Gasteiger partial charge is 0.232 e. The Kier molecular flexibility index (Phi) is 5.41. The quantitative estimate of drug-likeness (QED) is 0.569. The number of hydrogen-bond donors (Lipinski definition) is 0. The fraction of sp³-hybridized carbons (Fsp3) is 0.333. The van der Waals surface area contributed by atoms with E-state index in [1.165, 1.54) is 0 Å². The second kappa shape index (κ2) is 7.75. The lowest BCUT2D eigenvalue weighted by Crippen LogP contribution is -2.43. The van der Waals surface area contributed by atoms with Gasteiger partial charge < -0.3 is 4.74 Å². The van der Waals surface area contributed by atoms with Crippen LogP contribution in [0.3, 0.4) is 0 Å². The van der Waals surface area contributed by atoms with Crippen LogP contribution in [0.15, 0.2) is 53.7 Å². The molecule has 1 unspecified atom stereocenters. The van der Waals surface area contributed by atoms with Crippen LogP contribution in [0, 0.1) is 5.41 Å². The topological polar surface area (TPSA) is 46.6 Å². The fourth-order valence-corrected chi connectivity index (χ4v) is 5.20. The highest BCUT2D eigenvalue weighted by atomic mass is 35.5. The number of methoxy groups -OCH3 is 1. The Labute approximate surface area is 186 Å². The minimum Gasteiger partial charge on any atom is -0.497 e. The summed E-state index contributed by atoms with van der Waals surface area (Å²) in [7, 11) is 1.60. The van der Waals surface area contributed by atoms with Gasteiger partial charge in [-0.1, -0.05) is 43.1 Å². The maximum atomic E-state index is 13.4. The average molecular weight is 444 g/mol. The Balaban J connectivity index is 1.91. The number of nitrogens with zero attached hydrogens (tertiary/aromatic N) is 1. The average Bonchev–Trinajstić information content (AvgIpc) is 2.66. The number of ketones is 1. The molecule has 1 atom stereocenters. The number of Topliss-reactive ketones (excluding diaryl/α,β-unsaturated/α-hetero) is 1. The molecule has 1 heterocycles. The maximum absolute atomic E-state index is 13.4. The summed E-state index contributed by atoms with van der Waals surface area (Å²) >= 11 is 13.0. The molecule has 156 valence electrons. The minimum atomic E-state index is -0.438. The molecule has 2 aromatic carbocycles. The van der Waals surface area contributed by atoms with Crippen molar-refractivity contribution in [1.29, 1.82) is 0 Å². The summed E-state index contributed by atoms with van der Waals surface area (Å²) < 4.78 is 5.24. The van der Waals surface area contributed by atoms with Crippen molar-refractivity contribution in [2.24, 2.45) is 5.41 Å². The number of benzene rings is 2. The Morgan fingerprint density at radius 3 is 2.23 bits per heavy atom. The Morgan fingerprint density at radius 2 is 1.63 bits per heavy atom. The van der Waals surface area contributed by atoms with Crippen LogP contribution < -0.4 is 9.64 Å². The van der Waals surface area contributed by atoms with Gasteiger partial charge in [0.05, 0.1) is 7.11 Å². The van der Waals surface area contributed by atoms with E-state index in [9.17, 15) is 9.59 Å². The van der Waals surface area contributed by atoms with E-state index in [-0.39, 0.29) is 23.5 Å². The number of carbonyl (C=O) groups is 2. The summed E-state index contributed by atoms with van der Waals surface area (Å²) in [6, 6.07) is 12.6. The second-order valence-electron chi connectivity index (χ2n) is 8.62. The summed E-state index contributed by atoms with van der Waals surface area (Å²) in [5.41, 5.74) is 2.54. The van der Waals surface area contributed by atoms with E-state index in [0.717, 1.165) is 11.4 Å². The van der Waals surface area contributed by atoms with Gasteiger partial charge in [0, 0.05) is 45.8 Å². The van der Waals surface area contributed by atoms with Gasteiger partial charge in [-0.3, -0.25) is 14.5 Å². The molecule has 1 amide bonds. The highest BCUT2D eigenvalue weighted by molar-refractivity contribution is 6.36. The van der Waals surface area contributed by atoms with Crippen molar-refractivity contribution < 1.29 is 14.3 Å². The first kappa shape index (κ1) is 21.0. The molecule has 0 radical (unpaired) electrons. The molecule has 0 aromatic heterocycles. The summed E-state index contributed by atoms with van der Waals surface area (Å²) in [6.45, 7) is 4.11. The number of anilines is 1. The molecule has 0 N–H and O–H groups in total.